The number of thiophene rings is 1. The zero-order chi connectivity index (χ0) is 16.4. The Morgan fingerprint density at radius 3 is 2.71 bits per heavy atom. The molecule has 2 aliphatic heterocycles. The summed E-state index contributed by atoms with van der Waals surface area (Å²) in [7, 11) is 1.88. The topological polar surface area (TPSA) is 15.7 Å². The Labute approximate surface area is 151 Å². The van der Waals surface area contributed by atoms with Gasteiger partial charge in [-0.25, -0.2) is 0 Å². The number of rotatable bonds is 6. The van der Waals surface area contributed by atoms with Crippen molar-refractivity contribution in [3.05, 3.63) is 22.4 Å². The van der Waals surface area contributed by atoms with Gasteiger partial charge in [-0.05, 0) is 72.5 Å². The van der Waals surface area contributed by atoms with Crippen LogP contribution in [0.1, 0.15) is 37.7 Å². The van der Waals surface area contributed by atoms with Crippen molar-refractivity contribution in [1.29, 1.82) is 0 Å². The molecule has 2 saturated heterocycles. The van der Waals surface area contributed by atoms with Crippen molar-refractivity contribution in [2.24, 2.45) is 17.3 Å². The van der Waals surface area contributed by atoms with Gasteiger partial charge in [-0.15, -0.1) is 0 Å². The Morgan fingerprint density at radius 2 is 2.08 bits per heavy atom. The van der Waals surface area contributed by atoms with E-state index in [1.165, 1.54) is 70.4 Å². The summed E-state index contributed by atoms with van der Waals surface area (Å²) in [5.41, 5.74) is 1.98. The first-order valence-corrected chi connectivity index (χ1v) is 10.7. The number of hydrogen-bond donors (Lipinski definition) is 0. The lowest BCUT2D eigenvalue weighted by Crippen LogP contribution is -2.46. The van der Waals surface area contributed by atoms with Crippen LogP contribution >= 0.6 is 11.3 Å². The van der Waals surface area contributed by atoms with Gasteiger partial charge in [-0.3, -0.25) is 4.90 Å². The molecule has 4 heteroatoms. The minimum atomic E-state index is 0.502. The SMILES string of the molecule is COC[C@H]1CN(Cc2ccsc2)CC12CCN(CC1CCC1)CC2. The molecular formula is C20H32N2OS. The molecule has 3 heterocycles. The van der Waals surface area contributed by atoms with Crippen molar-refractivity contribution in [2.45, 2.75) is 38.6 Å². The molecule has 0 radical (unpaired) electrons. The van der Waals surface area contributed by atoms with Crippen LogP contribution in [0.2, 0.25) is 0 Å². The van der Waals surface area contributed by atoms with E-state index in [4.69, 9.17) is 4.74 Å². The van der Waals surface area contributed by atoms with Crippen LogP contribution < -0.4 is 0 Å². The van der Waals surface area contributed by atoms with E-state index in [9.17, 15) is 0 Å². The Morgan fingerprint density at radius 1 is 1.25 bits per heavy atom. The van der Waals surface area contributed by atoms with Gasteiger partial charge in [0, 0.05) is 39.2 Å². The van der Waals surface area contributed by atoms with Crippen LogP contribution in [0.3, 0.4) is 0 Å². The lowest BCUT2D eigenvalue weighted by Gasteiger charge is -2.44. The van der Waals surface area contributed by atoms with Crippen LogP contribution in [0, 0.1) is 17.3 Å². The van der Waals surface area contributed by atoms with Crippen molar-refractivity contribution in [1.82, 2.24) is 9.80 Å². The van der Waals surface area contributed by atoms with Crippen molar-refractivity contribution < 1.29 is 4.74 Å². The zero-order valence-electron chi connectivity index (χ0n) is 15.1. The highest BCUT2D eigenvalue weighted by atomic mass is 32.1. The molecule has 0 bridgehead atoms. The van der Waals surface area contributed by atoms with Crippen LogP contribution in [0.4, 0.5) is 0 Å². The molecule has 3 aliphatic rings. The Kier molecular flexibility index (Phi) is 5.28. The standard InChI is InChI=1S/C20H32N2OS/c1-23-14-19-13-22(12-18-5-10-24-15-18)16-20(19)6-8-21(9-7-20)11-17-3-2-4-17/h5,10,15,17,19H,2-4,6-9,11-14,16H2,1H3/t19-/m1/s1. The summed E-state index contributed by atoms with van der Waals surface area (Å²) < 4.78 is 5.62. The van der Waals surface area contributed by atoms with Crippen molar-refractivity contribution in [3.8, 4) is 0 Å². The van der Waals surface area contributed by atoms with E-state index >= 15 is 0 Å². The molecule has 1 aromatic rings. The highest BCUT2D eigenvalue weighted by Crippen LogP contribution is 2.45. The Balaban J connectivity index is 1.36. The summed E-state index contributed by atoms with van der Waals surface area (Å²) in [6.45, 7) is 8.52. The minimum absolute atomic E-state index is 0.502. The van der Waals surface area contributed by atoms with Crippen LogP contribution in [0.5, 0.6) is 0 Å². The maximum atomic E-state index is 5.62. The summed E-state index contributed by atoms with van der Waals surface area (Å²) in [4.78, 5) is 5.44. The molecule has 1 saturated carbocycles. The van der Waals surface area contributed by atoms with E-state index in [0.29, 0.717) is 11.3 Å². The molecule has 24 heavy (non-hydrogen) atoms. The third-order valence-corrected chi connectivity index (χ3v) is 7.56. The molecule has 0 unspecified atom stereocenters. The third kappa shape index (κ3) is 3.57. The Bertz CT molecular complexity index is 506. The molecular weight excluding hydrogens is 316 g/mol. The number of hydrogen-bond acceptors (Lipinski definition) is 4. The molecule has 1 spiro atoms. The Hall–Kier alpha value is -0.420. The average molecular weight is 349 g/mol. The maximum Gasteiger partial charge on any atom is 0.0508 e. The lowest BCUT2D eigenvalue weighted by atomic mass is 9.71. The van der Waals surface area contributed by atoms with E-state index in [0.717, 1.165) is 19.1 Å². The normalized spacial score (nSPS) is 28.5. The highest BCUT2D eigenvalue weighted by Gasteiger charge is 2.47. The molecule has 4 rings (SSSR count). The number of piperidine rings is 1. The van der Waals surface area contributed by atoms with Gasteiger partial charge in [0.25, 0.3) is 0 Å². The molecule has 0 amide bonds. The molecule has 1 atom stereocenters. The molecule has 134 valence electrons. The van der Waals surface area contributed by atoms with E-state index in [1.807, 2.05) is 18.4 Å². The second-order valence-electron chi connectivity index (χ2n) is 8.41. The summed E-state index contributed by atoms with van der Waals surface area (Å²) in [6.07, 6.45) is 7.16. The van der Waals surface area contributed by atoms with Crippen molar-refractivity contribution in [2.75, 3.05) is 46.4 Å². The fraction of sp³-hybridized carbons (Fsp3) is 0.800. The highest BCUT2D eigenvalue weighted by molar-refractivity contribution is 7.07. The van der Waals surface area contributed by atoms with E-state index in [-0.39, 0.29) is 0 Å². The predicted octanol–water partition coefficient (Wildman–Crippen LogP) is 3.71. The quantitative estimate of drug-likeness (QED) is 0.779. The first kappa shape index (κ1) is 17.0. The van der Waals surface area contributed by atoms with Gasteiger partial charge in [-0.1, -0.05) is 6.42 Å². The predicted molar refractivity (Wildman–Crippen MR) is 100 cm³/mol. The van der Waals surface area contributed by atoms with Gasteiger partial charge in [0.15, 0.2) is 0 Å². The number of likely N-dealkylation sites (tertiary alicyclic amines) is 2. The van der Waals surface area contributed by atoms with Gasteiger partial charge in [0.05, 0.1) is 6.61 Å². The van der Waals surface area contributed by atoms with Crippen LogP contribution in [0.25, 0.3) is 0 Å². The molecule has 3 nitrogen and oxygen atoms in total. The van der Waals surface area contributed by atoms with Crippen molar-refractivity contribution in [3.63, 3.8) is 0 Å². The summed E-state index contributed by atoms with van der Waals surface area (Å²) in [5.74, 6) is 1.72. The van der Waals surface area contributed by atoms with Gasteiger partial charge < -0.3 is 9.64 Å². The average Bonchev–Trinajstić information content (AvgIpc) is 3.15. The fourth-order valence-corrected chi connectivity index (χ4v) is 5.78. The van der Waals surface area contributed by atoms with Crippen LogP contribution in [0.15, 0.2) is 16.8 Å². The first-order chi connectivity index (χ1) is 11.8. The smallest absolute Gasteiger partial charge is 0.0508 e. The van der Waals surface area contributed by atoms with Gasteiger partial charge in [0.1, 0.15) is 0 Å². The van der Waals surface area contributed by atoms with E-state index < -0.39 is 0 Å². The number of nitrogens with zero attached hydrogens (tertiary/aromatic N) is 2. The minimum Gasteiger partial charge on any atom is -0.384 e. The number of ether oxygens (including phenoxy) is 1. The van der Waals surface area contributed by atoms with Crippen LogP contribution in [-0.4, -0.2) is 56.2 Å². The van der Waals surface area contributed by atoms with E-state index in [2.05, 4.69) is 26.6 Å². The summed E-state index contributed by atoms with van der Waals surface area (Å²) in [6, 6.07) is 2.28. The maximum absolute atomic E-state index is 5.62. The second-order valence-corrected chi connectivity index (χ2v) is 9.19. The summed E-state index contributed by atoms with van der Waals surface area (Å²) >= 11 is 1.82. The first-order valence-electron chi connectivity index (χ1n) is 9.72. The van der Waals surface area contributed by atoms with Gasteiger partial charge >= 0.3 is 0 Å². The molecule has 1 aliphatic carbocycles. The second kappa shape index (κ2) is 7.45. The van der Waals surface area contributed by atoms with Crippen LogP contribution in [-0.2, 0) is 11.3 Å². The molecule has 0 N–H and O–H groups in total. The van der Waals surface area contributed by atoms with E-state index in [1.54, 1.807) is 0 Å². The summed E-state index contributed by atoms with van der Waals surface area (Å²) in [5, 5.41) is 4.50. The molecule has 3 fully saturated rings. The molecule has 0 aromatic carbocycles. The van der Waals surface area contributed by atoms with Gasteiger partial charge in [0.2, 0.25) is 0 Å². The monoisotopic (exact) mass is 348 g/mol. The fourth-order valence-electron chi connectivity index (χ4n) is 5.12. The van der Waals surface area contributed by atoms with Crippen molar-refractivity contribution >= 4 is 11.3 Å². The third-order valence-electron chi connectivity index (χ3n) is 6.83. The largest absolute Gasteiger partial charge is 0.384 e. The lowest BCUT2D eigenvalue weighted by molar-refractivity contribution is 0.0281. The molecule has 1 aromatic heterocycles. The number of methoxy groups -OCH3 is 1. The van der Waals surface area contributed by atoms with Gasteiger partial charge in [-0.2, -0.15) is 11.3 Å². The zero-order valence-corrected chi connectivity index (χ0v) is 15.9.